The molecule has 142 valence electrons. The van der Waals surface area contributed by atoms with E-state index in [0.29, 0.717) is 12.0 Å². The van der Waals surface area contributed by atoms with Gasteiger partial charge in [-0.3, -0.25) is 9.59 Å². The van der Waals surface area contributed by atoms with Gasteiger partial charge in [-0.2, -0.15) is 5.48 Å². The normalized spacial score (nSPS) is 11.7. The first-order chi connectivity index (χ1) is 12.2. The summed E-state index contributed by atoms with van der Waals surface area (Å²) >= 11 is 0. The van der Waals surface area contributed by atoms with Gasteiger partial charge in [0.05, 0.1) is 12.0 Å². The number of carbonyl (C=O) groups is 4. The molecule has 7 heteroatoms. The van der Waals surface area contributed by atoms with Crippen LogP contribution in [0.3, 0.4) is 0 Å². The molecule has 0 radical (unpaired) electrons. The lowest BCUT2D eigenvalue weighted by molar-refractivity contribution is -0.159. The molecule has 1 aromatic rings. The first-order valence-electron chi connectivity index (χ1n) is 8.50. The Balaban J connectivity index is 2.54. The maximum absolute atomic E-state index is 11.8. The van der Waals surface area contributed by atoms with E-state index in [4.69, 9.17) is 5.11 Å². The summed E-state index contributed by atoms with van der Waals surface area (Å²) in [6.45, 7) is 5.16. The van der Waals surface area contributed by atoms with Gasteiger partial charge in [0.1, 0.15) is 5.78 Å². The van der Waals surface area contributed by atoms with E-state index in [9.17, 15) is 19.2 Å². The average molecular weight is 363 g/mol. The van der Waals surface area contributed by atoms with Crippen molar-refractivity contribution in [3.63, 3.8) is 0 Å². The maximum Gasteiger partial charge on any atom is 0.335 e. The van der Waals surface area contributed by atoms with Crippen molar-refractivity contribution in [2.24, 2.45) is 11.8 Å². The molecule has 1 rings (SSSR count). The Morgan fingerprint density at radius 1 is 1.19 bits per heavy atom. The lowest BCUT2D eigenvalue weighted by Crippen LogP contribution is -2.28. The van der Waals surface area contributed by atoms with E-state index in [1.54, 1.807) is 12.1 Å². The minimum absolute atomic E-state index is 0.0256. The second kappa shape index (κ2) is 10.3. The van der Waals surface area contributed by atoms with Gasteiger partial charge < -0.3 is 9.94 Å². The minimum atomic E-state index is -1.03. The second-order valence-corrected chi connectivity index (χ2v) is 6.65. The first-order valence-corrected chi connectivity index (χ1v) is 8.50. The Labute approximate surface area is 152 Å². The third-order valence-corrected chi connectivity index (χ3v) is 3.80. The van der Waals surface area contributed by atoms with Crippen molar-refractivity contribution in [1.82, 2.24) is 5.48 Å². The lowest BCUT2D eigenvalue weighted by atomic mass is 9.91. The molecule has 0 saturated carbocycles. The van der Waals surface area contributed by atoms with Gasteiger partial charge in [0, 0.05) is 12.3 Å². The van der Waals surface area contributed by atoms with Crippen molar-refractivity contribution in [1.29, 1.82) is 0 Å². The molecule has 0 fully saturated rings. The number of hydrogen-bond donors (Lipinski definition) is 2. The number of hydrogen-bond acceptors (Lipinski definition) is 5. The van der Waals surface area contributed by atoms with Crippen molar-refractivity contribution in [2.75, 3.05) is 0 Å². The van der Waals surface area contributed by atoms with Crippen LogP contribution >= 0.6 is 0 Å². The highest BCUT2D eigenvalue weighted by Gasteiger charge is 2.18. The highest BCUT2D eigenvalue weighted by atomic mass is 16.7. The fourth-order valence-electron chi connectivity index (χ4n) is 2.41. The van der Waals surface area contributed by atoms with Crippen LogP contribution in [0.25, 0.3) is 0 Å². The lowest BCUT2D eigenvalue weighted by Gasteiger charge is -2.14. The van der Waals surface area contributed by atoms with Crippen molar-refractivity contribution < 1.29 is 29.1 Å². The number of nitrogens with one attached hydrogen (secondary N) is 1. The number of carboxylic acid groups (broad SMARTS) is 1. The van der Waals surface area contributed by atoms with Crippen molar-refractivity contribution in [3.8, 4) is 0 Å². The van der Waals surface area contributed by atoms with E-state index >= 15 is 0 Å². The molecule has 0 aromatic heterocycles. The molecule has 1 amide bonds. The summed E-state index contributed by atoms with van der Waals surface area (Å²) < 4.78 is 0. The fraction of sp³-hybridized carbons (Fsp3) is 0.474. The molecule has 0 bridgehead atoms. The van der Waals surface area contributed by atoms with Gasteiger partial charge in [-0.15, -0.1) is 0 Å². The Morgan fingerprint density at radius 3 is 2.46 bits per heavy atom. The minimum Gasteiger partial charge on any atom is -0.478 e. The number of aromatic carboxylic acids is 1. The van der Waals surface area contributed by atoms with E-state index < -0.39 is 23.8 Å². The monoisotopic (exact) mass is 363 g/mol. The smallest absolute Gasteiger partial charge is 0.335 e. The Bertz CT molecular complexity index is 668. The molecule has 1 unspecified atom stereocenters. The molecule has 7 nitrogen and oxygen atoms in total. The van der Waals surface area contributed by atoms with Gasteiger partial charge in [-0.25, -0.2) is 9.59 Å². The molecule has 0 saturated heterocycles. The zero-order valence-electron chi connectivity index (χ0n) is 15.3. The number of ketones is 1. The predicted octanol–water partition coefficient (Wildman–Crippen LogP) is 2.53. The molecule has 0 aliphatic heterocycles. The number of rotatable bonds is 9. The van der Waals surface area contributed by atoms with Gasteiger partial charge in [-0.05, 0) is 43.4 Å². The van der Waals surface area contributed by atoms with Crippen LogP contribution in [0.5, 0.6) is 0 Å². The molecular weight excluding hydrogens is 338 g/mol. The number of Topliss-reactive ketones (excluding diaryl/α,β-unsaturated/α-hetero) is 1. The number of hydroxylamine groups is 1. The Kier molecular flexibility index (Phi) is 8.48. The number of carboxylic acids is 1. The summed E-state index contributed by atoms with van der Waals surface area (Å²) in [6, 6.07) is 6.37. The molecular formula is C19H25NO6. The van der Waals surface area contributed by atoms with Gasteiger partial charge in [0.15, 0.2) is 0 Å². The third kappa shape index (κ3) is 7.92. The molecule has 26 heavy (non-hydrogen) atoms. The quantitative estimate of drug-likeness (QED) is 0.653. The predicted molar refractivity (Wildman–Crippen MR) is 94.2 cm³/mol. The SMILES string of the molecule is CC(=O)C(CCC(=O)NOC(=O)CC(C)C)Cc1cccc(C(=O)O)c1. The van der Waals surface area contributed by atoms with Crippen molar-refractivity contribution >= 4 is 23.6 Å². The van der Waals surface area contributed by atoms with Gasteiger partial charge in [-0.1, -0.05) is 26.0 Å². The fourth-order valence-corrected chi connectivity index (χ4v) is 2.41. The van der Waals surface area contributed by atoms with Crippen LogP contribution in [-0.2, 0) is 25.6 Å². The van der Waals surface area contributed by atoms with Gasteiger partial charge in [0.25, 0.3) is 5.91 Å². The highest BCUT2D eigenvalue weighted by molar-refractivity contribution is 5.87. The summed E-state index contributed by atoms with van der Waals surface area (Å²) in [6.07, 6.45) is 0.852. The van der Waals surface area contributed by atoms with E-state index in [0.717, 1.165) is 0 Å². The van der Waals surface area contributed by atoms with Crippen molar-refractivity contribution in [2.45, 2.75) is 46.5 Å². The number of benzene rings is 1. The highest BCUT2D eigenvalue weighted by Crippen LogP contribution is 2.17. The van der Waals surface area contributed by atoms with Crippen LogP contribution in [0.15, 0.2) is 24.3 Å². The Hall–Kier alpha value is -2.70. The average Bonchev–Trinajstić information content (AvgIpc) is 2.56. The summed E-state index contributed by atoms with van der Waals surface area (Å²) in [5.74, 6) is -2.40. The maximum atomic E-state index is 11.8. The largest absolute Gasteiger partial charge is 0.478 e. The molecule has 0 heterocycles. The zero-order chi connectivity index (χ0) is 19.7. The number of amides is 1. The van der Waals surface area contributed by atoms with Crippen LogP contribution in [0.1, 0.15) is 56.0 Å². The number of carbonyl (C=O) groups excluding carboxylic acids is 3. The zero-order valence-corrected chi connectivity index (χ0v) is 15.3. The standard InChI is InChI=1S/C19H25NO6/c1-12(2)9-18(23)26-20-17(22)8-7-15(13(3)21)10-14-5-4-6-16(11-14)19(24)25/h4-6,11-12,15H,7-10H2,1-3H3,(H,20,22)(H,24,25). The van der Waals surface area contributed by atoms with Gasteiger partial charge in [0.2, 0.25) is 0 Å². The Morgan fingerprint density at radius 2 is 1.88 bits per heavy atom. The topological polar surface area (TPSA) is 110 Å². The van der Waals surface area contributed by atoms with E-state index in [1.807, 2.05) is 13.8 Å². The van der Waals surface area contributed by atoms with Crippen LogP contribution in [0.4, 0.5) is 0 Å². The van der Waals surface area contributed by atoms with Crippen molar-refractivity contribution in [3.05, 3.63) is 35.4 Å². The van der Waals surface area contributed by atoms with E-state index in [1.165, 1.54) is 19.1 Å². The molecule has 0 spiro atoms. The summed E-state index contributed by atoms with van der Waals surface area (Å²) in [4.78, 5) is 50.7. The summed E-state index contributed by atoms with van der Waals surface area (Å²) in [5, 5.41) is 9.03. The molecule has 0 aliphatic carbocycles. The van der Waals surface area contributed by atoms with E-state index in [-0.39, 0.29) is 36.5 Å². The van der Waals surface area contributed by atoms with Crippen LogP contribution in [0.2, 0.25) is 0 Å². The van der Waals surface area contributed by atoms with Gasteiger partial charge >= 0.3 is 11.9 Å². The summed E-state index contributed by atoms with van der Waals surface area (Å²) in [5.41, 5.74) is 2.96. The second-order valence-electron chi connectivity index (χ2n) is 6.65. The summed E-state index contributed by atoms with van der Waals surface area (Å²) in [7, 11) is 0. The van der Waals surface area contributed by atoms with Crippen LogP contribution in [0, 0.1) is 11.8 Å². The van der Waals surface area contributed by atoms with E-state index in [2.05, 4.69) is 10.3 Å². The molecule has 2 N–H and O–H groups in total. The molecule has 0 aliphatic rings. The molecule has 1 aromatic carbocycles. The van der Waals surface area contributed by atoms with Crippen LogP contribution in [-0.4, -0.2) is 28.7 Å². The molecule has 1 atom stereocenters. The van der Waals surface area contributed by atoms with Crippen LogP contribution < -0.4 is 5.48 Å². The first kappa shape index (κ1) is 21.3. The third-order valence-electron chi connectivity index (χ3n) is 3.80.